The molecule has 1 saturated heterocycles. The van der Waals surface area contributed by atoms with Crippen molar-refractivity contribution in [3.8, 4) is 0 Å². The molecule has 3 aliphatic heterocycles. The summed E-state index contributed by atoms with van der Waals surface area (Å²) in [5, 5.41) is 11.7. The minimum atomic E-state index is -1.04. The summed E-state index contributed by atoms with van der Waals surface area (Å²) >= 11 is 13.7. The number of carboxylic acid groups (broad SMARTS) is 1. The van der Waals surface area contributed by atoms with Crippen LogP contribution in [0.3, 0.4) is 0 Å². The Hall–Kier alpha value is -2.52. The van der Waals surface area contributed by atoms with Crippen molar-refractivity contribution in [3.63, 3.8) is 0 Å². The number of rotatable bonds is 5. The maximum Gasteiger partial charge on any atom is 0.326 e. The average molecular weight is 560 g/mol. The summed E-state index contributed by atoms with van der Waals surface area (Å²) in [5.41, 5.74) is 8.34. The molecule has 0 spiro atoms. The van der Waals surface area contributed by atoms with Crippen LogP contribution in [0.5, 0.6) is 0 Å². The fourth-order valence-electron chi connectivity index (χ4n) is 5.55. The zero-order valence-corrected chi connectivity index (χ0v) is 23.0. The third kappa shape index (κ3) is 4.34. The number of nitrogens with two attached hydrogens (primary N) is 1. The van der Waals surface area contributed by atoms with Crippen molar-refractivity contribution >= 4 is 52.0 Å². The number of nitrogens with zero attached hydrogens (tertiary/aromatic N) is 3. The van der Waals surface area contributed by atoms with Gasteiger partial charge >= 0.3 is 5.97 Å². The van der Waals surface area contributed by atoms with E-state index in [1.54, 1.807) is 0 Å². The summed E-state index contributed by atoms with van der Waals surface area (Å²) in [7, 11) is 0. The molecule has 3 aliphatic rings. The molecule has 1 amide bonds. The maximum absolute atomic E-state index is 13.9. The average Bonchev–Trinajstić information content (AvgIpc) is 3.49. The Morgan fingerprint density at radius 1 is 1.08 bits per heavy atom. The highest BCUT2D eigenvalue weighted by atomic mass is 35.5. The number of thioether (sulfide) groups is 1. The molecule has 4 atom stereocenters. The zero-order valence-electron chi connectivity index (χ0n) is 20.7. The number of likely N-dealkylation sites (tertiary alicyclic amines) is 1. The largest absolute Gasteiger partial charge is 0.480 e. The van der Waals surface area contributed by atoms with Crippen LogP contribution in [0.2, 0.25) is 10.0 Å². The van der Waals surface area contributed by atoms with Gasteiger partial charge in [-0.15, -0.1) is 0 Å². The van der Waals surface area contributed by atoms with Gasteiger partial charge in [0.05, 0.1) is 12.2 Å². The Balaban J connectivity index is 1.64. The molecule has 0 aromatic heterocycles. The minimum Gasteiger partial charge on any atom is -0.480 e. The number of carbonyl (C=O) groups excluding carboxylic acids is 1. The van der Waals surface area contributed by atoms with Gasteiger partial charge in [0, 0.05) is 15.7 Å². The molecule has 10 heteroatoms. The molecule has 194 valence electrons. The number of aliphatic imine (C=N–C) groups is 1. The first kappa shape index (κ1) is 26.1. The quantitative estimate of drug-likeness (QED) is 0.495. The fourth-order valence-corrected chi connectivity index (χ4v) is 7.16. The number of aliphatic carboxylic acids is 1. The Labute approximate surface area is 230 Å². The Bertz CT molecular complexity index is 1310. The molecule has 1 fully saturated rings. The van der Waals surface area contributed by atoms with Crippen molar-refractivity contribution in [2.45, 2.75) is 57.4 Å². The molecule has 0 saturated carbocycles. The highest BCUT2D eigenvalue weighted by Gasteiger charge is 2.54. The Morgan fingerprint density at radius 2 is 1.68 bits per heavy atom. The lowest BCUT2D eigenvalue weighted by Crippen LogP contribution is -2.49. The smallest absolute Gasteiger partial charge is 0.326 e. The summed E-state index contributed by atoms with van der Waals surface area (Å²) in [5.74, 6) is -1.43. The van der Waals surface area contributed by atoms with E-state index in [0.29, 0.717) is 33.0 Å². The lowest BCUT2D eigenvalue weighted by molar-refractivity contribution is -0.147. The molecule has 0 bridgehead atoms. The number of benzene rings is 2. The van der Waals surface area contributed by atoms with Crippen molar-refractivity contribution in [1.29, 1.82) is 0 Å². The number of hydrogen-bond acceptors (Lipinski definition) is 6. The number of halogens is 2. The van der Waals surface area contributed by atoms with Crippen LogP contribution in [-0.4, -0.2) is 44.2 Å². The second-order valence-corrected chi connectivity index (χ2v) is 11.9. The number of amides is 1. The van der Waals surface area contributed by atoms with E-state index in [1.165, 1.54) is 16.7 Å². The number of allylic oxidation sites excluding steroid dienone is 1. The predicted octanol–water partition coefficient (Wildman–Crippen LogP) is 5.60. The molecular formula is C27H28Cl2N4O3S. The summed E-state index contributed by atoms with van der Waals surface area (Å²) in [6.07, 6.45) is 0.146. The van der Waals surface area contributed by atoms with Gasteiger partial charge in [-0.2, -0.15) is 0 Å². The number of hydrogen-bond donors (Lipinski definition) is 2. The molecule has 5 rings (SSSR count). The second-order valence-electron chi connectivity index (χ2n) is 10.1. The van der Waals surface area contributed by atoms with Gasteiger partial charge in [-0.3, -0.25) is 4.79 Å². The fraction of sp³-hybridized carbons (Fsp3) is 0.370. The van der Waals surface area contributed by atoms with E-state index >= 15 is 0 Å². The monoisotopic (exact) mass is 558 g/mol. The Kier molecular flexibility index (Phi) is 6.81. The van der Waals surface area contributed by atoms with E-state index in [2.05, 4.69) is 11.8 Å². The first-order valence-electron chi connectivity index (χ1n) is 12.2. The van der Waals surface area contributed by atoms with Crippen LogP contribution >= 0.6 is 35.0 Å². The minimum absolute atomic E-state index is 0.0383. The lowest BCUT2D eigenvalue weighted by Gasteiger charge is -2.37. The SMILES string of the molecule is CC(C)C1=C(C(=O)N2[C@@H](N)CC[C@H]2C(=O)O)SC2=N[C@@](C)(c3ccc(Cl)cc3)[C@@H](c3ccc(Cl)cc3)N21. The van der Waals surface area contributed by atoms with E-state index in [4.69, 9.17) is 33.9 Å². The number of carboxylic acids is 1. The van der Waals surface area contributed by atoms with Crippen LogP contribution in [0, 0.1) is 5.92 Å². The number of amidine groups is 1. The van der Waals surface area contributed by atoms with Gasteiger partial charge in [-0.25, -0.2) is 9.79 Å². The summed E-state index contributed by atoms with van der Waals surface area (Å²) < 4.78 is 0. The van der Waals surface area contributed by atoms with E-state index in [1.807, 2.05) is 62.4 Å². The van der Waals surface area contributed by atoms with Gasteiger partial charge in [-0.05, 0) is 72.8 Å². The first-order valence-corrected chi connectivity index (χ1v) is 13.7. The van der Waals surface area contributed by atoms with Crippen molar-refractivity contribution in [3.05, 3.63) is 80.3 Å². The molecular weight excluding hydrogens is 531 g/mol. The van der Waals surface area contributed by atoms with E-state index in [9.17, 15) is 14.7 Å². The first-order chi connectivity index (χ1) is 17.5. The topological polar surface area (TPSA) is 99.2 Å². The summed E-state index contributed by atoms with van der Waals surface area (Å²) in [4.78, 5) is 34.9. The maximum atomic E-state index is 13.9. The lowest BCUT2D eigenvalue weighted by atomic mass is 9.81. The van der Waals surface area contributed by atoms with Crippen LogP contribution in [0.4, 0.5) is 0 Å². The Morgan fingerprint density at radius 3 is 2.24 bits per heavy atom. The third-order valence-electron chi connectivity index (χ3n) is 7.31. The van der Waals surface area contributed by atoms with E-state index in [-0.39, 0.29) is 17.9 Å². The van der Waals surface area contributed by atoms with E-state index < -0.39 is 23.7 Å². The van der Waals surface area contributed by atoms with Crippen LogP contribution in [0.15, 0.2) is 64.1 Å². The van der Waals surface area contributed by atoms with Crippen LogP contribution in [0.25, 0.3) is 0 Å². The summed E-state index contributed by atoms with van der Waals surface area (Å²) in [6.45, 7) is 6.14. The zero-order chi connectivity index (χ0) is 26.6. The standard InChI is InChI=1S/C27H28Cl2N4O3S/c1-14(2)21-22(24(34)32-19(25(35)36)12-13-20(32)30)37-26-31-27(3,16-6-10-18(29)11-7-16)23(33(21)26)15-4-8-17(28)9-5-15/h4-11,14,19-20,23H,12-13,30H2,1-3H3,(H,35,36)/t19-,20+,23+,27-/m0/s1. The van der Waals surface area contributed by atoms with Gasteiger partial charge in [0.2, 0.25) is 0 Å². The molecule has 2 aromatic carbocycles. The van der Waals surface area contributed by atoms with Crippen LogP contribution in [-0.2, 0) is 15.1 Å². The molecule has 7 nitrogen and oxygen atoms in total. The van der Waals surface area contributed by atoms with Crippen LogP contribution in [0.1, 0.15) is 50.8 Å². The van der Waals surface area contributed by atoms with Crippen molar-refractivity contribution in [1.82, 2.24) is 9.80 Å². The van der Waals surface area contributed by atoms with E-state index in [0.717, 1.165) is 16.8 Å². The predicted molar refractivity (Wildman–Crippen MR) is 147 cm³/mol. The highest BCUT2D eigenvalue weighted by Crippen LogP contribution is 2.56. The van der Waals surface area contributed by atoms with Crippen molar-refractivity contribution in [2.75, 3.05) is 0 Å². The normalized spacial score (nSPS) is 27.2. The molecule has 0 unspecified atom stereocenters. The molecule has 3 N–H and O–H groups in total. The number of fused-ring (bicyclic) bond motifs is 1. The molecule has 0 aliphatic carbocycles. The van der Waals surface area contributed by atoms with Gasteiger partial charge in [0.1, 0.15) is 16.5 Å². The van der Waals surface area contributed by atoms with Crippen molar-refractivity contribution < 1.29 is 14.7 Å². The van der Waals surface area contributed by atoms with Gasteiger partial charge in [-0.1, -0.05) is 61.3 Å². The van der Waals surface area contributed by atoms with Crippen LogP contribution < -0.4 is 5.73 Å². The molecule has 0 radical (unpaired) electrons. The van der Waals surface area contributed by atoms with Crippen molar-refractivity contribution in [2.24, 2.45) is 16.6 Å². The van der Waals surface area contributed by atoms with Gasteiger partial charge < -0.3 is 20.6 Å². The third-order valence-corrected chi connectivity index (χ3v) is 8.88. The van der Waals surface area contributed by atoms with Gasteiger partial charge in [0.25, 0.3) is 5.91 Å². The molecule has 3 heterocycles. The second kappa shape index (κ2) is 9.66. The molecule has 2 aromatic rings. The molecule has 37 heavy (non-hydrogen) atoms. The summed E-state index contributed by atoms with van der Waals surface area (Å²) in [6, 6.07) is 14.1. The van der Waals surface area contributed by atoms with Gasteiger partial charge in [0.15, 0.2) is 5.17 Å². The highest BCUT2D eigenvalue weighted by molar-refractivity contribution is 8.18. The number of carbonyl (C=O) groups is 2.